The molecule has 2 aliphatic heterocycles. The molecule has 0 spiro atoms. The van der Waals surface area contributed by atoms with Crippen LogP contribution in [0.4, 0.5) is 0 Å². The lowest BCUT2D eigenvalue weighted by Gasteiger charge is -2.38. The number of piperazine rings is 1. The Morgan fingerprint density at radius 1 is 1.12 bits per heavy atom. The summed E-state index contributed by atoms with van der Waals surface area (Å²) < 4.78 is 0. The number of rotatable bonds is 1. The van der Waals surface area contributed by atoms with Crippen LogP contribution in [0.15, 0.2) is 0 Å². The average Bonchev–Trinajstić information content (AvgIpc) is 2.76. The molecule has 2 saturated heterocycles. The van der Waals surface area contributed by atoms with Gasteiger partial charge in [0, 0.05) is 39.6 Å². The Balaban J connectivity index is 1.92. The fourth-order valence-electron chi connectivity index (χ4n) is 2.61. The minimum atomic E-state index is -0.238. The van der Waals surface area contributed by atoms with Gasteiger partial charge in [-0.25, -0.2) is 0 Å². The fourth-order valence-corrected chi connectivity index (χ4v) is 2.61. The van der Waals surface area contributed by atoms with Crippen molar-refractivity contribution in [2.24, 2.45) is 5.41 Å². The van der Waals surface area contributed by atoms with E-state index in [-0.39, 0.29) is 17.2 Å². The first-order valence-electron chi connectivity index (χ1n) is 6.28. The largest absolute Gasteiger partial charge is 0.339 e. The summed E-state index contributed by atoms with van der Waals surface area (Å²) in [5.74, 6) is 0.344. The van der Waals surface area contributed by atoms with E-state index in [1.807, 2.05) is 11.8 Å². The minimum absolute atomic E-state index is 0.103. The van der Waals surface area contributed by atoms with Crippen LogP contribution in [0, 0.1) is 5.41 Å². The zero-order valence-electron chi connectivity index (χ0n) is 10.7. The molecule has 2 amide bonds. The first-order valence-corrected chi connectivity index (χ1v) is 6.28. The average molecular weight is 239 g/mol. The van der Waals surface area contributed by atoms with Gasteiger partial charge in [-0.3, -0.25) is 9.59 Å². The summed E-state index contributed by atoms with van der Waals surface area (Å²) >= 11 is 0. The lowest BCUT2D eigenvalue weighted by Crippen LogP contribution is -2.53. The maximum Gasteiger partial charge on any atom is 0.229 e. The van der Waals surface area contributed by atoms with Crippen LogP contribution in [0.5, 0.6) is 0 Å². The maximum atomic E-state index is 12.4. The Morgan fingerprint density at radius 2 is 1.71 bits per heavy atom. The van der Waals surface area contributed by atoms with Gasteiger partial charge in [0.15, 0.2) is 0 Å². The van der Waals surface area contributed by atoms with Gasteiger partial charge < -0.3 is 15.1 Å². The van der Waals surface area contributed by atoms with E-state index in [0.29, 0.717) is 26.2 Å². The van der Waals surface area contributed by atoms with Crippen molar-refractivity contribution in [1.82, 2.24) is 15.1 Å². The number of amides is 2. The minimum Gasteiger partial charge on any atom is -0.339 e. The highest BCUT2D eigenvalue weighted by atomic mass is 16.2. The first kappa shape index (κ1) is 12.4. The van der Waals surface area contributed by atoms with Crippen LogP contribution >= 0.6 is 0 Å². The van der Waals surface area contributed by atoms with Crippen molar-refractivity contribution in [1.29, 1.82) is 0 Å². The van der Waals surface area contributed by atoms with E-state index in [9.17, 15) is 9.59 Å². The molecular formula is C12H21N3O2. The predicted molar refractivity (Wildman–Crippen MR) is 64.4 cm³/mol. The second kappa shape index (κ2) is 4.64. The van der Waals surface area contributed by atoms with Gasteiger partial charge >= 0.3 is 0 Å². The standard InChI is InChI=1S/C12H21N3O2/c1-10(16)14-5-7-15(8-6-14)11(17)12(2)3-4-13-9-12/h13H,3-9H2,1-2H3. The van der Waals surface area contributed by atoms with Crippen LogP contribution in [0.1, 0.15) is 20.3 Å². The molecule has 2 heterocycles. The van der Waals surface area contributed by atoms with Crippen LogP contribution in [0.3, 0.4) is 0 Å². The smallest absolute Gasteiger partial charge is 0.229 e. The van der Waals surface area contributed by atoms with E-state index in [0.717, 1.165) is 19.5 Å². The Bertz CT molecular complexity index is 316. The van der Waals surface area contributed by atoms with Crippen LogP contribution in [-0.2, 0) is 9.59 Å². The normalized spacial score (nSPS) is 29.5. The zero-order chi connectivity index (χ0) is 12.5. The highest BCUT2D eigenvalue weighted by molar-refractivity contribution is 5.83. The van der Waals surface area contributed by atoms with Gasteiger partial charge in [0.05, 0.1) is 5.41 Å². The molecule has 0 aromatic heterocycles. The summed E-state index contributed by atoms with van der Waals surface area (Å²) in [5, 5.41) is 3.25. The summed E-state index contributed by atoms with van der Waals surface area (Å²) in [4.78, 5) is 27.3. The Kier molecular flexibility index (Phi) is 3.38. The molecule has 2 rings (SSSR count). The van der Waals surface area contributed by atoms with E-state index in [1.54, 1.807) is 11.8 Å². The maximum absolute atomic E-state index is 12.4. The monoisotopic (exact) mass is 239 g/mol. The van der Waals surface area contributed by atoms with E-state index >= 15 is 0 Å². The second-order valence-electron chi connectivity index (χ2n) is 5.29. The molecule has 96 valence electrons. The van der Waals surface area contributed by atoms with E-state index in [1.165, 1.54) is 0 Å². The first-order chi connectivity index (χ1) is 8.03. The van der Waals surface area contributed by atoms with Crippen molar-refractivity contribution in [3.63, 3.8) is 0 Å². The van der Waals surface area contributed by atoms with Crippen molar-refractivity contribution in [3.8, 4) is 0 Å². The molecule has 0 saturated carbocycles. The van der Waals surface area contributed by atoms with Crippen molar-refractivity contribution < 1.29 is 9.59 Å². The predicted octanol–water partition coefficient (Wildman–Crippen LogP) is -0.323. The summed E-state index contributed by atoms with van der Waals surface area (Å²) in [6.45, 7) is 8.01. The SMILES string of the molecule is CC(=O)N1CCN(C(=O)C2(C)CCNC2)CC1. The van der Waals surface area contributed by atoms with Crippen LogP contribution in [0.25, 0.3) is 0 Å². The molecule has 1 N–H and O–H groups in total. The molecule has 1 unspecified atom stereocenters. The molecule has 0 aromatic rings. The van der Waals surface area contributed by atoms with E-state index < -0.39 is 0 Å². The van der Waals surface area contributed by atoms with Gasteiger partial charge in [0.2, 0.25) is 11.8 Å². The number of hydrogen-bond acceptors (Lipinski definition) is 3. The fraction of sp³-hybridized carbons (Fsp3) is 0.833. The molecule has 0 aliphatic carbocycles. The van der Waals surface area contributed by atoms with Gasteiger partial charge in [0.1, 0.15) is 0 Å². The van der Waals surface area contributed by atoms with E-state index in [4.69, 9.17) is 0 Å². The molecule has 1 atom stereocenters. The van der Waals surface area contributed by atoms with Crippen LogP contribution < -0.4 is 5.32 Å². The Labute approximate surface area is 102 Å². The lowest BCUT2D eigenvalue weighted by atomic mass is 9.88. The van der Waals surface area contributed by atoms with Crippen molar-refractivity contribution in [3.05, 3.63) is 0 Å². The van der Waals surface area contributed by atoms with Gasteiger partial charge in [-0.15, -0.1) is 0 Å². The molecule has 0 aromatic carbocycles. The van der Waals surface area contributed by atoms with Crippen molar-refractivity contribution in [2.45, 2.75) is 20.3 Å². The lowest BCUT2D eigenvalue weighted by molar-refractivity contribution is -0.145. The number of carbonyl (C=O) groups is 2. The molecule has 17 heavy (non-hydrogen) atoms. The summed E-state index contributed by atoms with van der Waals surface area (Å²) in [7, 11) is 0. The van der Waals surface area contributed by atoms with E-state index in [2.05, 4.69) is 5.32 Å². The van der Waals surface area contributed by atoms with Gasteiger partial charge in [-0.1, -0.05) is 0 Å². The molecule has 5 heteroatoms. The quantitative estimate of drug-likeness (QED) is 0.682. The van der Waals surface area contributed by atoms with Crippen LogP contribution in [-0.4, -0.2) is 60.9 Å². The number of hydrogen-bond donors (Lipinski definition) is 1. The molecule has 0 radical (unpaired) electrons. The summed E-state index contributed by atoms with van der Waals surface area (Å²) in [5.41, 5.74) is -0.238. The van der Waals surface area contributed by atoms with Crippen molar-refractivity contribution >= 4 is 11.8 Å². The summed E-state index contributed by atoms with van der Waals surface area (Å²) in [6, 6.07) is 0. The Morgan fingerprint density at radius 3 is 2.18 bits per heavy atom. The third-order valence-electron chi connectivity index (χ3n) is 3.90. The topological polar surface area (TPSA) is 52.7 Å². The van der Waals surface area contributed by atoms with Crippen molar-refractivity contribution in [2.75, 3.05) is 39.3 Å². The van der Waals surface area contributed by atoms with Crippen LogP contribution in [0.2, 0.25) is 0 Å². The summed E-state index contributed by atoms with van der Waals surface area (Å²) in [6.07, 6.45) is 0.915. The number of nitrogens with one attached hydrogen (secondary N) is 1. The molecule has 0 bridgehead atoms. The molecule has 2 fully saturated rings. The third-order valence-corrected chi connectivity index (χ3v) is 3.90. The van der Waals surface area contributed by atoms with Gasteiger partial charge in [-0.05, 0) is 19.9 Å². The highest BCUT2D eigenvalue weighted by Gasteiger charge is 2.39. The Hall–Kier alpha value is -1.10. The second-order valence-corrected chi connectivity index (χ2v) is 5.29. The zero-order valence-corrected chi connectivity index (χ0v) is 10.7. The highest BCUT2D eigenvalue weighted by Crippen LogP contribution is 2.27. The molecular weight excluding hydrogens is 218 g/mol. The van der Waals surface area contributed by atoms with Gasteiger partial charge in [-0.2, -0.15) is 0 Å². The number of carbonyl (C=O) groups excluding carboxylic acids is 2. The number of nitrogens with zero attached hydrogens (tertiary/aromatic N) is 2. The molecule has 5 nitrogen and oxygen atoms in total. The molecule has 2 aliphatic rings. The third kappa shape index (κ3) is 2.44. The van der Waals surface area contributed by atoms with Gasteiger partial charge in [0.25, 0.3) is 0 Å².